The average molecular weight is 639 g/mol. The number of carbonyl (C=O) groups is 2. The highest BCUT2D eigenvalue weighted by molar-refractivity contribution is 5.66. The minimum Gasteiger partial charge on any atom is -0.458 e. The second kappa shape index (κ2) is 14.1. The minimum absolute atomic E-state index is 0. The Bertz CT molecular complexity index is 1220. The molecule has 2 aromatic carbocycles. The molecule has 7 rings (SSSR count). The van der Waals surface area contributed by atoms with Crippen LogP contribution in [0.2, 0.25) is 0 Å². The standard InChI is InChI=1S/C36H46N2O6.2H2O/c1-21(39)41-33-27-17-15-25(37(27)3)19-29(33)43-35-31(23-11-7-5-8-12-23)36(32(35)24-13-9-6-10-14-24)44-30-20-26-16-18-28(38(26)4)34(30)42-22(2)40;;/h5-14,25-36H,15-20H2,1-4H3;2*1H2. The van der Waals surface area contributed by atoms with Gasteiger partial charge in [-0.15, -0.1) is 0 Å². The molecule has 8 atom stereocenters. The Kier molecular flexibility index (Phi) is 10.6. The fourth-order valence-corrected chi connectivity index (χ4v) is 9.23. The van der Waals surface area contributed by atoms with Crippen molar-refractivity contribution >= 4 is 11.9 Å². The summed E-state index contributed by atoms with van der Waals surface area (Å²) in [5.74, 6) is -0.562. The molecule has 252 valence electrons. The van der Waals surface area contributed by atoms with E-state index in [-0.39, 0.29) is 83.4 Å². The molecule has 46 heavy (non-hydrogen) atoms. The zero-order valence-electron chi connectivity index (χ0n) is 27.3. The lowest BCUT2D eigenvalue weighted by molar-refractivity contribution is -0.231. The van der Waals surface area contributed by atoms with Gasteiger partial charge in [-0.05, 0) is 63.7 Å². The molecule has 4 aliphatic heterocycles. The molecule has 4 N–H and O–H groups in total. The molecule has 0 amide bonds. The molecule has 0 spiro atoms. The van der Waals surface area contributed by atoms with E-state index in [1.807, 2.05) is 12.1 Å². The third-order valence-corrected chi connectivity index (χ3v) is 11.3. The van der Waals surface area contributed by atoms with Gasteiger partial charge in [-0.25, -0.2) is 0 Å². The molecule has 1 saturated carbocycles. The summed E-state index contributed by atoms with van der Waals surface area (Å²) >= 11 is 0. The number of piperidine rings is 2. The Morgan fingerprint density at radius 3 is 1.30 bits per heavy atom. The van der Waals surface area contributed by atoms with E-state index >= 15 is 0 Å². The lowest BCUT2D eigenvalue weighted by Crippen LogP contribution is -2.62. The molecule has 4 saturated heterocycles. The van der Waals surface area contributed by atoms with Crippen LogP contribution in [0.15, 0.2) is 60.7 Å². The number of hydrogen-bond donors (Lipinski definition) is 0. The summed E-state index contributed by atoms with van der Waals surface area (Å²) in [6.07, 6.45) is 4.57. The summed E-state index contributed by atoms with van der Waals surface area (Å²) in [5, 5.41) is 0. The maximum atomic E-state index is 12.3. The van der Waals surface area contributed by atoms with Crippen LogP contribution in [0, 0.1) is 0 Å². The second-order valence-corrected chi connectivity index (χ2v) is 13.7. The van der Waals surface area contributed by atoms with E-state index in [9.17, 15) is 9.59 Å². The summed E-state index contributed by atoms with van der Waals surface area (Å²) in [6, 6.07) is 22.2. The average Bonchev–Trinajstić information content (AvgIpc) is 3.40. The number of benzene rings is 2. The van der Waals surface area contributed by atoms with Crippen LogP contribution in [0.1, 0.15) is 75.3 Å². The van der Waals surface area contributed by atoms with Gasteiger partial charge in [0.05, 0.1) is 24.4 Å². The van der Waals surface area contributed by atoms with Crippen molar-refractivity contribution in [1.82, 2.24) is 9.80 Å². The Morgan fingerprint density at radius 1 is 0.587 bits per heavy atom. The molecule has 5 fully saturated rings. The Morgan fingerprint density at radius 2 is 0.957 bits per heavy atom. The minimum atomic E-state index is -0.304. The van der Waals surface area contributed by atoms with Gasteiger partial charge in [0.15, 0.2) is 0 Å². The van der Waals surface area contributed by atoms with Crippen molar-refractivity contribution in [2.24, 2.45) is 0 Å². The van der Waals surface area contributed by atoms with Crippen molar-refractivity contribution < 1.29 is 39.5 Å². The zero-order valence-corrected chi connectivity index (χ0v) is 27.3. The lowest BCUT2D eigenvalue weighted by Gasteiger charge is -2.56. The summed E-state index contributed by atoms with van der Waals surface area (Å²) in [7, 11) is 4.30. The number of esters is 2. The molecular weight excluding hydrogens is 588 g/mol. The maximum absolute atomic E-state index is 12.3. The van der Waals surface area contributed by atoms with E-state index < -0.39 is 0 Å². The zero-order chi connectivity index (χ0) is 30.5. The quantitative estimate of drug-likeness (QED) is 0.402. The van der Waals surface area contributed by atoms with E-state index in [4.69, 9.17) is 18.9 Å². The first-order chi connectivity index (χ1) is 21.3. The van der Waals surface area contributed by atoms with Gasteiger partial charge in [0.2, 0.25) is 0 Å². The molecule has 10 nitrogen and oxygen atoms in total. The van der Waals surface area contributed by atoms with E-state index in [0.29, 0.717) is 12.1 Å². The van der Waals surface area contributed by atoms with Crippen molar-refractivity contribution in [2.75, 3.05) is 14.1 Å². The van der Waals surface area contributed by atoms with Crippen molar-refractivity contribution in [3.05, 3.63) is 71.8 Å². The van der Waals surface area contributed by atoms with Gasteiger partial charge in [-0.2, -0.15) is 0 Å². The van der Waals surface area contributed by atoms with Crippen LogP contribution >= 0.6 is 0 Å². The monoisotopic (exact) mass is 638 g/mol. The number of rotatable bonds is 8. The van der Waals surface area contributed by atoms with Crippen molar-refractivity contribution in [2.45, 2.75) is 125 Å². The van der Waals surface area contributed by atoms with Crippen LogP contribution in [0.4, 0.5) is 0 Å². The van der Waals surface area contributed by atoms with Crippen LogP contribution in [0.3, 0.4) is 0 Å². The number of ether oxygens (including phenoxy) is 4. The molecule has 0 radical (unpaired) electrons. The normalized spacial score (nSPS) is 38.2. The van der Waals surface area contributed by atoms with Gasteiger partial charge in [0.1, 0.15) is 12.2 Å². The highest BCUT2D eigenvalue weighted by atomic mass is 16.6. The predicted octanol–water partition coefficient (Wildman–Crippen LogP) is 3.02. The molecule has 1 aliphatic carbocycles. The van der Waals surface area contributed by atoms with E-state index in [2.05, 4.69) is 72.4 Å². The molecule has 4 bridgehead atoms. The molecule has 4 heterocycles. The Labute approximate surface area is 271 Å². The van der Waals surface area contributed by atoms with Crippen LogP contribution < -0.4 is 0 Å². The second-order valence-electron chi connectivity index (χ2n) is 13.7. The summed E-state index contributed by atoms with van der Waals surface area (Å²) in [5.41, 5.74) is 2.35. The number of hydrogen-bond acceptors (Lipinski definition) is 8. The third-order valence-electron chi connectivity index (χ3n) is 11.3. The molecule has 5 aliphatic rings. The fraction of sp³-hybridized carbons (Fsp3) is 0.611. The molecule has 8 unspecified atom stereocenters. The topological polar surface area (TPSA) is 141 Å². The fourth-order valence-electron chi connectivity index (χ4n) is 9.23. The van der Waals surface area contributed by atoms with Crippen molar-refractivity contribution in [1.29, 1.82) is 0 Å². The smallest absolute Gasteiger partial charge is 0.303 e. The predicted molar refractivity (Wildman–Crippen MR) is 172 cm³/mol. The van der Waals surface area contributed by atoms with Gasteiger partial charge < -0.3 is 29.9 Å². The van der Waals surface area contributed by atoms with Crippen LogP contribution in [-0.4, -0.2) is 108 Å². The first-order valence-electron chi connectivity index (χ1n) is 16.5. The van der Waals surface area contributed by atoms with E-state index in [0.717, 1.165) is 38.5 Å². The maximum Gasteiger partial charge on any atom is 0.303 e. The molecular formula is C36H50N2O8. The largest absolute Gasteiger partial charge is 0.458 e. The lowest BCUT2D eigenvalue weighted by atomic mass is 9.62. The summed E-state index contributed by atoms with van der Waals surface area (Å²) < 4.78 is 26.4. The third kappa shape index (κ3) is 6.23. The van der Waals surface area contributed by atoms with Gasteiger partial charge in [-0.3, -0.25) is 19.4 Å². The number of nitrogens with zero attached hydrogens (tertiary/aromatic N) is 2. The number of likely N-dealkylation sites (N-methyl/N-ethyl adjacent to an activating group) is 2. The molecule has 10 heteroatoms. The summed E-state index contributed by atoms with van der Waals surface area (Å²) in [6.45, 7) is 3.00. The van der Waals surface area contributed by atoms with Gasteiger partial charge in [-0.1, -0.05) is 60.7 Å². The number of carbonyl (C=O) groups excluding carboxylic acids is 2. The SMILES string of the molecule is CC(=O)OC1C(OC2C(c3ccccc3)C(OC3CC4CCC(C3OC(C)=O)N4C)C2c2ccccc2)CC2CCC1N2C.O.O. The van der Waals surface area contributed by atoms with Crippen LogP contribution in [0.25, 0.3) is 0 Å². The van der Waals surface area contributed by atoms with Gasteiger partial charge in [0.25, 0.3) is 0 Å². The van der Waals surface area contributed by atoms with Crippen molar-refractivity contribution in [3.63, 3.8) is 0 Å². The highest BCUT2D eigenvalue weighted by Crippen LogP contribution is 2.54. The Hall–Kier alpha value is -2.86. The molecule has 0 aromatic heterocycles. The Balaban J connectivity index is 0.00000208. The van der Waals surface area contributed by atoms with Crippen molar-refractivity contribution in [3.8, 4) is 0 Å². The highest BCUT2D eigenvalue weighted by Gasteiger charge is 2.59. The molecule has 2 aromatic rings. The van der Waals surface area contributed by atoms with E-state index in [1.165, 1.54) is 25.0 Å². The summed E-state index contributed by atoms with van der Waals surface area (Å²) in [4.78, 5) is 29.3. The van der Waals surface area contributed by atoms with E-state index in [1.54, 1.807) is 0 Å². The van der Waals surface area contributed by atoms with Gasteiger partial charge >= 0.3 is 11.9 Å². The van der Waals surface area contributed by atoms with Gasteiger partial charge in [0, 0.05) is 49.9 Å². The number of fused-ring (bicyclic) bond motifs is 4. The van der Waals surface area contributed by atoms with Crippen LogP contribution in [-0.2, 0) is 28.5 Å². The van der Waals surface area contributed by atoms with Crippen LogP contribution in [0.5, 0.6) is 0 Å². The first-order valence-corrected chi connectivity index (χ1v) is 16.5. The first kappa shape index (κ1) is 34.5.